The molecule has 4 unspecified atom stereocenters. The van der Waals surface area contributed by atoms with Crippen LogP contribution in [0.15, 0.2) is 11.3 Å². The van der Waals surface area contributed by atoms with E-state index in [1.54, 1.807) is 13.8 Å². The van der Waals surface area contributed by atoms with E-state index >= 15 is 13.2 Å². The average molecular weight is 742 g/mol. The molecule has 2 aliphatic carbocycles. The summed E-state index contributed by atoms with van der Waals surface area (Å²) >= 11 is 0. The van der Waals surface area contributed by atoms with Gasteiger partial charge in [-0.05, 0) is 70.1 Å². The van der Waals surface area contributed by atoms with Gasteiger partial charge in [-0.2, -0.15) is 26.3 Å². The van der Waals surface area contributed by atoms with Gasteiger partial charge < -0.3 is 29.0 Å². The molecule has 0 aromatic rings. The van der Waals surface area contributed by atoms with Crippen LogP contribution in [0.4, 0.5) is 26.3 Å². The first-order chi connectivity index (χ1) is 23.8. The van der Waals surface area contributed by atoms with Gasteiger partial charge in [0, 0.05) is 42.1 Å². The Labute approximate surface area is 291 Å². The largest absolute Gasteiger partial charge is 0.456 e. The number of ether oxygens (including phenoxy) is 5. The lowest BCUT2D eigenvalue weighted by molar-refractivity contribution is -0.584. The van der Waals surface area contributed by atoms with Gasteiger partial charge in [0.2, 0.25) is 35.3 Å². The number of nitrogens with one attached hydrogen (secondary N) is 1. The minimum atomic E-state index is -5.13. The fourth-order valence-electron chi connectivity index (χ4n) is 10.9. The summed E-state index contributed by atoms with van der Waals surface area (Å²) in [5, 5.41) is 2.05. The molecule has 10 rings (SSSR count). The topological polar surface area (TPSA) is 112 Å². The zero-order chi connectivity index (χ0) is 36.6. The van der Waals surface area contributed by atoms with Crippen molar-refractivity contribution < 1.29 is 74.4 Å². The molecule has 0 aromatic carbocycles. The Balaban J connectivity index is 1.05. The van der Waals surface area contributed by atoms with E-state index in [0.29, 0.717) is 44.9 Å². The van der Waals surface area contributed by atoms with E-state index in [0.717, 1.165) is 0 Å². The van der Waals surface area contributed by atoms with Gasteiger partial charge in [-0.15, -0.1) is 0 Å². The van der Waals surface area contributed by atoms with Crippen LogP contribution in [0, 0.1) is 41.4 Å². The number of carbonyl (C=O) groups excluding carboxylic acids is 1. The zero-order valence-electron chi connectivity index (χ0n) is 29.1. The fraction of sp³-hybridized carbons (Fsp3) is 0.912. The minimum absolute atomic E-state index is 0.0467. The molecule has 1 amide bonds. The second kappa shape index (κ2) is 11.6. The molecule has 1 N–H and O–H groups in total. The summed E-state index contributed by atoms with van der Waals surface area (Å²) in [4.78, 5) is 36.7. The van der Waals surface area contributed by atoms with Crippen molar-refractivity contribution in [3.8, 4) is 0 Å². The molecule has 0 aromatic heterocycles. The van der Waals surface area contributed by atoms with Crippen LogP contribution in [0.3, 0.4) is 0 Å². The van der Waals surface area contributed by atoms with Crippen LogP contribution in [0.25, 0.3) is 0 Å². The summed E-state index contributed by atoms with van der Waals surface area (Å²) in [7, 11) is 0. The highest BCUT2D eigenvalue weighted by Crippen LogP contribution is 2.64. The Bertz CT molecular complexity index is 1460. The highest BCUT2D eigenvalue weighted by molar-refractivity contribution is 5.78. The van der Waals surface area contributed by atoms with Crippen LogP contribution in [-0.4, -0.2) is 72.6 Å². The highest BCUT2D eigenvalue weighted by Gasteiger charge is 2.77. The molecule has 11 nitrogen and oxygen atoms in total. The van der Waals surface area contributed by atoms with E-state index < -0.39 is 96.1 Å². The molecular formula is C34H45F6NO10. The summed E-state index contributed by atoms with van der Waals surface area (Å²) < 4.78 is 119. The van der Waals surface area contributed by atoms with E-state index in [1.807, 2.05) is 19.2 Å². The van der Waals surface area contributed by atoms with Gasteiger partial charge in [-0.3, -0.25) is 4.79 Å². The van der Waals surface area contributed by atoms with Gasteiger partial charge >= 0.3 is 12.4 Å². The molecule has 2 spiro atoms. The van der Waals surface area contributed by atoms with E-state index in [2.05, 4.69) is 0 Å². The number of halogens is 6. The third kappa shape index (κ3) is 5.18. The predicted octanol–water partition coefficient (Wildman–Crippen LogP) is 6.32. The van der Waals surface area contributed by atoms with Gasteiger partial charge in [0.25, 0.3) is 0 Å². The molecule has 8 aliphatic heterocycles. The Morgan fingerprint density at radius 2 is 1.35 bits per heavy atom. The standard InChI is InChI=1S/C34H45F6NO10/c1-16-6-8-22-18(3)32(34(38,39)40,47-27-30(22)20(16)10-13-29(5,46-27)49-50-30)41-24(42)15-43-14-19-23-9-7-17(2)21-11-12-28(4)45-26(31(21,23)51-48-28)44-25(19)33(35,36)37/h16-18,20-23,26-27H,6-15H2,1-5H3,(H,41,42)/t16-,17-,18-,20?,21?,22+,23+,26-,27+,28+,29+,30?,31?,32-/m1/s1. The Hall–Kier alpha value is -1.73. The minimum Gasteiger partial charge on any atom is -0.456 e. The van der Waals surface area contributed by atoms with E-state index in [-0.39, 0.29) is 35.7 Å². The number of allylic oxidation sites excluding steroid dienone is 1. The maximum atomic E-state index is 15.3. The van der Waals surface area contributed by atoms with Crippen LogP contribution < -0.4 is 5.32 Å². The highest BCUT2D eigenvalue weighted by atomic mass is 19.4. The number of fused-ring (bicyclic) bond motifs is 4. The number of amides is 1. The number of carbonyl (C=O) groups is 1. The van der Waals surface area contributed by atoms with Gasteiger partial charge in [-0.1, -0.05) is 20.8 Å². The van der Waals surface area contributed by atoms with E-state index in [4.69, 9.17) is 43.2 Å². The first-order valence-corrected chi connectivity index (χ1v) is 18.0. The summed E-state index contributed by atoms with van der Waals surface area (Å²) in [5.41, 5.74) is -6.28. The molecule has 9 fully saturated rings. The molecule has 14 atom stereocenters. The van der Waals surface area contributed by atoms with Crippen molar-refractivity contribution in [2.45, 2.75) is 139 Å². The Morgan fingerprint density at radius 1 is 0.765 bits per heavy atom. The number of hydrogen-bond donors (Lipinski definition) is 1. The second-order valence-electron chi connectivity index (χ2n) is 16.4. The lowest BCUT2D eigenvalue weighted by Crippen LogP contribution is -2.79. The Kier molecular flexibility index (Phi) is 8.27. The van der Waals surface area contributed by atoms with Crippen LogP contribution in [0.1, 0.15) is 86.0 Å². The molecule has 288 valence electrons. The average Bonchev–Trinajstić information content (AvgIpc) is 3.41. The summed E-state index contributed by atoms with van der Waals surface area (Å²) in [6, 6.07) is 0. The van der Waals surface area contributed by atoms with Crippen molar-refractivity contribution in [1.29, 1.82) is 0 Å². The molecule has 8 heterocycles. The molecule has 51 heavy (non-hydrogen) atoms. The maximum absolute atomic E-state index is 15.3. The predicted molar refractivity (Wildman–Crippen MR) is 158 cm³/mol. The molecule has 4 bridgehead atoms. The zero-order valence-corrected chi connectivity index (χ0v) is 29.1. The second-order valence-corrected chi connectivity index (χ2v) is 16.4. The molecule has 17 heteroatoms. The Morgan fingerprint density at radius 3 is 1.98 bits per heavy atom. The van der Waals surface area contributed by atoms with Crippen molar-refractivity contribution in [2.75, 3.05) is 13.2 Å². The van der Waals surface area contributed by atoms with E-state index in [9.17, 15) is 18.0 Å². The molecule has 7 saturated heterocycles. The SMILES string of the molecule is C[C@@H]1CC[C@H]2C(COCC(=O)N[C@@]3(C(F)(F)F)O[C@@H]4O[C@]5(C)CCC6[C@H](C)CC[C@@H]([C@H]3C)C64OO5)=C(C(F)(F)F)O[C@@H]3O[C@]4(C)CCC1C32OO4. The maximum Gasteiger partial charge on any atom is 0.449 e. The van der Waals surface area contributed by atoms with Gasteiger partial charge in [0.05, 0.1) is 6.61 Å². The molecule has 10 aliphatic rings. The third-order valence-corrected chi connectivity index (χ3v) is 13.5. The van der Waals surface area contributed by atoms with Gasteiger partial charge in [0.15, 0.2) is 17.5 Å². The van der Waals surface area contributed by atoms with Crippen LogP contribution in [0.5, 0.6) is 0 Å². The molecule has 0 radical (unpaired) electrons. The van der Waals surface area contributed by atoms with Gasteiger partial charge in [0.1, 0.15) is 6.61 Å². The van der Waals surface area contributed by atoms with Crippen molar-refractivity contribution in [3.05, 3.63) is 11.3 Å². The quantitative estimate of drug-likeness (QED) is 0.254. The number of alkyl halides is 6. The first-order valence-electron chi connectivity index (χ1n) is 18.0. The lowest BCUT2D eigenvalue weighted by atomic mass is 9.56. The third-order valence-electron chi connectivity index (χ3n) is 13.5. The van der Waals surface area contributed by atoms with Crippen LogP contribution >= 0.6 is 0 Å². The van der Waals surface area contributed by atoms with Crippen molar-refractivity contribution in [2.24, 2.45) is 41.4 Å². The van der Waals surface area contributed by atoms with Crippen LogP contribution in [-0.2, 0) is 48.0 Å². The smallest absolute Gasteiger partial charge is 0.449 e. The fourth-order valence-corrected chi connectivity index (χ4v) is 10.9. The van der Waals surface area contributed by atoms with Crippen molar-refractivity contribution in [1.82, 2.24) is 5.32 Å². The first kappa shape index (κ1) is 36.3. The van der Waals surface area contributed by atoms with Gasteiger partial charge in [-0.25, -0.2) is 19.6 Å². The normalized spacial score (nSPS) is 50.5. The lowest BCUT2D eigenvalue weighted by Gasteiger charge is -2.63. The summed E-state index contributed by atoms with van der Waals surface area (Å²) in [6.45, 7) is 6.74. The number of hydrogen-bond acceptors (Lipinski definition) is 10. The van der Waals surface area contributed by atoms with E-state index in [1.165, 1.54) is 6.92 Å². The summed E-state index contributed by atoms with van der Waals surface area (Å²) in [5.74, 6) is -8.66. The monoisotopic (exact) mass is 741 g/mol. The van der Waals surface area contributed by atoms with Crippen molar-refractivity contribution >= 4 is 5.91 Å². The van der Waals surface area contributed by atoms with Crippen molar-refractivity contribution in [3.63, 3.8) is 0 Å². The number of rotatable bonds is 5. The van der Waals surface area contributed by atoms with Crippen LogP contribution in [0.2, 0.25) is 0 Å². The molecular weight excluding hydrogens is 696 g/mol. The summed E-state index contributed by atoms with van der Waals surface area (Å²) in [6.07, 6.45) is -9.37. The molecule has 2 saturated carbocycles.